The zero-order valence-corrected chi connectivity index (χ0v) is 9.58. The lowest BCUT2D eigenvalue weighted by molar-refractivity contribution is 0.591. The summed E-state index contributed by atoms with van der Waals surface area (Å²) in [5.74, 6) is 1.06. The number of pyridine rings is 1. The van der Waals surface area contributed by atoms with Crippen LogP contribution in [0.15, 0.2) is 12.1 Å². The highest BCUT2D eigenvalue weighted by atomic mass is 15.1. The molecule has 0 bridgehead atoms. The summed E-state index contributed by atoms with van der Waals surface area (Å²) in [6.07, 6.45) is 3.62. The maximum absolute atomic E-state index is 4.70. The Bertz CT molecular complexity index is 334. The van der Waals surface area contributed by atoms with E-state index in [1.54, 1.807) is 0 Å². The second-order valence-corrected chi connectivity index (χ2v) is 4.30. The lowest BCUT2D eigenvalue weighted by atomic mass is 10.1. The van der Waals surface area contributed by atoms with Crippen LogP contribution in [0.3, 0.4) is 0 Å². The van der Waals surface area contributed by atoms with Crippen molar-refractivity contribution in [2.75, 3.05) is 25.5 Å². The van der Waals surface area contributed by atoms with Gasteiger partial charge in [0.2, 0.25) is 0 Å². The highest BCUT2D eigenvalue weighted by Crippen LogP contribution is 2.16. The predicted molar refractivity (Wildman–Crippen MR) is 63.2 cm³/mol. The molecule has 3 heteroatoms. The number of fused-ring (bicyclic) bond motifs is 1. The van der Waals surface area contributed by atoms with Gasteiger partial charge < -0.3 is 10.2 Å². The van der Waals surface area contributed by atoms with E-state index in [1.807, 2.05) is 14.1 Å². The molecule has 1 aliphatic rings. The molecule has 0 saturated carbocycles. The Hall–Kier alpha value is -1.09. The zero-order chi connectivity index (χ0) is 10.7. The third-order valence-electron chi connectivity index (χ3n) is 2.84. The van der Waals surface area contributed by atoms with Crippen molar-refractivity contribution in [2.45, 2.75) is 25.8 Å². The van der Waals surface area contributed by atoms with E-state index in [2.05, 4.69) is 22.3 Å². The van der Waals surface area contributed by atoms with Crippen molar-refractivity contribution in [2.24, 2.45) is 0 Å². The van der Waals surface area contributed by atoms with Crippen molar-refractivity contribution >= 4 is 5.82 Å². The van der Waals surface area contributed by atoms with Crippen LogP contribution >= 0.6 is 0 Å². The number of nitrogens with one attached hydrogen (secondary N) is 1. The summed E-state index contributed by atoms with van der Waals surface area (Å²) in [7, 11) is 4.08. The third kappa shape index (κ3) is 2.48. The molecule has 0 fully saturated rings. The molecule has 0 unspecified atom stereocenters. The van der Waals surface area contributed by atoms with E-state index in [0.717, 1.165) is 25.3 Å². The molecular weight excluding hydrogens is 186 g/mol. The summed E-state index contributed by atoms with van der Waals surface area (Å²) < 4.78 is 0. The average Bonchev–Trinajstić information content (AvgIpc) is 2.18. The topological polar surface area (TPSA) is 28.2 Å². The van der Waals surface area contributed by atoms with Gasteiger partial charge in [0.05, 0.1) is 0 Å². The Morgan fingerprint density at radius 1 is 1.27 bits per heavy atom. The first-order chi connectivity index (χ1) is 7.27. The van der Waals surface area contributed by atoms with Gasteiger partial charge in [-0.05, 0) is 37.4 Å². The van der Waals surface area contributed by atoms with Crippen LogP contribution in [0.4, 0.5) is 5.82 Å². The summed E-state index contributed by atoms with van der Waals surface area (Å²) in [6, 6.07) is 4.30. The van der Waals surface area contributed by atoms with Crippen LogP contribution in [0.5, 0.6) is 0 Å². The van der Waals surface area contributed by atoms with Gasteiger partial charge in [-0.25, -0.2) is 4.98 Å². The Morgan fingerprint density at radius 2 is 2.13 bits per heavy atom. The van der Waals surface area contributed by atoms with Crippen LogP contribution in [0.25, 0.3) is 0 Å². The molecule has 0 atom stereocenters. The van der Waals surface area contributed by atoms with Gasteiger partial charge >= 0.3 is 0 Å². The molecule has 1 aromatic rings. The molecule has 82 valence electrons. The summed E-state index contributed by atoms with van der Waals surface area (Å²) in [6.45, 7) is 2.10. The molecule has 0 aromatic carbocycles. The molecule has 2 heterocycles. The molecule has 1 N–H and O–H groups in total. The molecular formula is C12H19N3. The van der Waals surface area contributed by atoms with Gasteiger partial charge in [0.15, 0.2) is 0 Å². The van der Waals surface area contributed by atoms with Crippen LogP contribution in [0, 0.1) is 0 Å². The van der Waals surface area contributed by atoms with Gasteiger partial charge in [-0.15, -0.1) is 0 Å². The summed E-state index contributed by atoms with van der Waals surface area (Å²) >= 11 is 0. The fourth-order valence-electron chi connectivity index (χ4n) is 1.91. The van der Waals surface area contributed by atoms with Crippen molar-refractivity contribution in [3.8, 4) is 0 Å². The lowest BCUT2D eigenvalue weighted by Gasteiger charge is -2.17. The molecule has 0 spiro atoms. The molecule has 0 aliphatic carbocycles. The first-order valence-electron chi connectivity index (χ1n) is 5.64. The van der Waals surface area contributed by atoms with Gasteiger partial charge in [-0.2, -0.15) is 0 Å². The van der Waals surface area contributed by atoms with Crippen LogP contribution in [0.1, 0.15) is 24.1 Å². The number of nitrogens with zero attached hydrogens (tertiary/aromatic N) is 2. The normalized spacial score (nSPS) is 16.4. The van der Waals surface area contributed by atoms with E-state index in [-0.39, 0.29) is 0 Å². The fourth-order valence-corrected chi connectivity index (χ4v) is 1.91. The van der Waals surface area contributed by atoms with E-state index in [0.29, 0.717) is 0 Å². The maximum atomic E-state index is 4.70. The molecule has 3 nitrogen and oxygen atoms in total. The number of hydrogen-bond donors (Lipinski definition) is 1. The third-order valence-corrected chi connectivity index (χ3v) is 2.84. The number of aromatic nitrogens is 1. The van der Waals surface area contributed by atoms with Crippen LogP contribution in [0.2, 0.25) is 0 Å². The number of hydrogen-bond acceptors (Lipinski definition) is 3. The Morgan fingerprint density at radius 3 is 2.93 bits per heavy atom. The van der Waals surface area contributed by atoms with Crippen molar-refractivity contribution < 1.29 is 0 Å². The van der Waals surface area contributed by atoms with E-state index in [9.17, 15) is 0 Å². The Labute approximate surface area is 91.5 Å². The highest BCUT2D eigenvalue weighted by Gasteiger charge is 2.09. The van der Waals surface area contributed by atoms with Crippen LogP contribution in [-0.2, 0) is 13.0 Å². The number of aryl methyl sites for hydroxylation is 1. The fraction of sp³-hybridized carbons (Fsp3) is 0.583. The first kappa shape index (κ1) is 10.4. The van der Waals surface area contributed by atoms with Crippen LogP contribution in [-0.4, -0.2) is 25.6 Å². The molecule has 2 rings (SSSR count). The van der Waals surface area contributed by atoms with Gasteiger partial charge in [-0.1, -0.05) is 6.07 Å². The minimum atomic E-state index is 0.968. The van der Waals surface area contributed by atoms with Crippen molar-refractivity contribution in [1.82, 2.24) is 10.3 Å². The van der Waals surface area contributed by atoms with Gasteiger partial charge in [0.1, 0.15) is 5.82 Å². The van der Waals surface area contributed by atoms with Crippen LogP contribution < -0.4 is 10.2 Å². The number of anilines is 1. The van der Waals surface area contributed by atoms with Crippen molar-refractivity contribution in [3.63, 3.8) is 0 Å². The van der Waals surface area contributed by atoms with Gasteiger partial charge in [0.25, 0.3) is 0 Å². The molecule has 0 amide bonds. The summed E-state index contributed by atoms with van der Waals surface area (Å²) in [5.41, 5.74) is 2.63. The van der Waals surface area contributed by atoms with Crippen molar-refractivity contribution in [1.29, 1.82) is 0 Å². The van der Waals surface area contributed by atoms with E-state index >= 15 is 0 Å². The standard InChI is InChI=1S/C12H19N3/c1-15(2)12-7-6-10-9-13-8-4-3-5-11(10)14-12/h6-7,13H,3-5,8-9H2,1-2H3. The summed E-state index contributed by atoms with van der Waals surface area (Å²) in [5, 5.41) is 3.44. The van der Waals surface area contributed by atoms with Gasteiger partial charge in [0, 0.05) is 26.3 Å². The Balaban J connectivity index is 2.27. The average molecular weight is 205 g/mol. The van der Waals surface area contributed by atoms with Crippen molar-refractivity contribution in [3.05, 3.63) is 23.4 Å². The lowest BCUT2D eigenvalue weighted by Crippen LogP contribution is -2.20. The Kier molecular flexibility index (Phi) is 3.21. The number of rotatable bonds is 1. The predicted octanol–water partition coefficient (Wildman–Crippen LogP) is 1.57. The second-order valence-electron chi connectivity index (χ2n) is 4.30. The summed E-state index contributed by atoms with van der Waals surface area (Å²) in [4.78, 5) is 6.76. The maximum Gasteiger partial charge on any atom is 0.128 e. The van der Waals surface area contributed by atoms with Gasteiger partial charge in [-0.3, -0.25) is 0 Å². The molecule has 0 saturated heterocycles. The first-order valence-corrected chi connectivity index (χ1v) is 5.64. The quantitative estimate of drug-likeness (QED) is 0.754. The van der Waals surface area contributed by atoms with E-state index in [4.69, 9.17) is 4.98 Å². The minimum Gasteiger partial charge on any atom is -0.363 e. The molecule has 0 radical (unpaired) electrons. The SMILES string of the molecule is CN(C)c1ccc2c(n1)CCCCNC2. The largest absolute Gasteiger partial charge is 0.363 e. The monoisotopic (exact) mass is 205 g/mol. The van der Waals surface area contributed by atoms with E-state index < -0.39 is 0 Å². The molecule has 15 heavy (non-hydrogen) atoms. The minimum absolute atomic E-state index is 0.968. The second kappa shape index (κ2) is 4.62. The highest BCUT2D eigenvalue weighted by molar-refractivity contribution is 5.40. The zero-order valence-electron chi connectivity index (χ0n) is 9.58. The smallest absolute Gasteiger partial charge is 0.128 e. The molecule has 1 aromatic heterocycles. The van der Waals surface area contributed by atoms with E-state index in [1.165, 1.54) is 24.1 Å². The molecule has 1 aliphatic heterocycles.